The summed E-state index contributed by atoms with van der Waals surface area (Å²) in [5.74, 6) is 0. The Morgan fingerprint density at radius 3 is 3.06 bits per heavy atom. The molecule has 0 saturated carbocycles. The van der Waals surface area contributed by atoms with Crippen molar-refractivity contribution in [3.8, 4) is 6.07 Å². The number of unbranched alkanes of at least 4 members (excludes halogenated alkanes) is 2. The Morgan fingerprint density at radius 1 is 1.44 bits per heavy atom. The smallest absolute Gasteiger partial charge is 0.0621 e. The van der Waals surface area contributed by atoms with Gasteiger partial charge in [0.1, 0.15) is 0 Å². The van der Waals surface area contributed by atoms with E-state index in [9.17, 15) is 0 Å². The Bertz CT molecular complexity index is 322. The SMILES string of the molecule is CCCNCc1cccn1CCCCC#N. The first-order valence-corrected chi connectivity index (χ1v) is 6.10. The van der Waals surface area contributed by atoms with Crippen LogP contribution in [0.15, 0.2) is 18.3 Å². The molecule has 0 aromatic carbocycles. The fourth-order valence-corrected chi connectivity index (χ4v) is 1.71. The number of aromatic nitrogens is 1. The molecule has 1 N–H and O–H groups in total. The lowest BCUT2D eigenvalue weighted by molar-refractivity contribution is 0.572. The molecule has 3 heteroatoms. The molecule has 0 aliphatic rings. The van der Waals surface area contributed by atoms with Crippen LogP contribution in [-0.4, -0.2) is 11.1 Å². The van der Waals surface area contributed by atoms with Gasteiger partial charge in [-0.1, -0.05) is 6.92 Å². The van der Waals surface area contributed by atoms with Crippen LogP contribution < -0.4 is 5.32 Å². The second kappa shape index (κ2) is 7.95. The van der Waals surface area contributed by atoms with Crippen molar-refractivity contribution in [1.29, 1.82) is 5.26 Å². The van der Waals surface area contributed by atoms with E-state index < -0.39 is 0 Å². The number of nitrogens with one attached hydrogen (secondary N) is 1. The summed E-state index contributed by atoms with van der Waals surface area (Å²) in [5, 5.41) is 11.9. The van der Waals surface area contributed by atoms with Crippen molar-refractivity contribution < 1.29 is 0 Å². The van der Waals surface area contributed by atoms with E-state index in [0.717, 1.165) is 32.5 Å². The van der Waals surface area contributed by atoms with Gasteiger partial charge in [0, 0.05) is 31.4 Å². The van der Waals surface area contributed by atoms with Crippen molar-refractivity contribution in [2.45, 2.75) is 45.7 Å². The third kappa shape index (κ3) is 4.50. The predicted octanol–water partition coefficient (Wildman–Crippen LogP) is 2.68. The molecule has 16 heavy (non-hydrogen) atoms. The first-order valence-electron chi connectivity index (χ1n) is 6.10. The van der Waals surface area contributed by atoms with Crippen LogP contribution in [0.25, 0.3) is 0 Å². The fourth-order valence-electron chi connectivity index (χ4n) is 1.71. The first-order chi connectivity index (χ1) is 7.88. The topological polar surface area (TPSA) is 40.8 Å². The van der Waals surface area contributed by atoms with Gasteiger partial charge in [-0.25, -0.2) is 0 Å². The van der Waals surface area contributed by atoms with E-state index in [2.05, 4.69) is 41.2 Å². The largest absolute Gasteiger partial charge is 0.350 e. The minimum atomic E-state index is 0.671. The number of nitrogens with zero attached hydrogens (tertiary/aromatic N) is 2. The molecule has 1 aromatic heterocycles. The summed E-state index contributed by atoms with van der Waals surface area (Å²) in [6.45, 7) is 5.21. The second-order valence-corrected chi connectivity index (χ2v) is 3.98. The number of rotatable bonds is 8. The zero-order chi connectivity index (χ0) is 11.6. The summed E-state index contributed by atoms with van der Waals surface area (Å²) in [4.78, 5) is 0. The number of nitriles is 1. The van der Waals surface area contributed by atoms with Crippen molar-refractivity contribution in [2.75, 3.05) is 6.54 Å². The second-order valence-electron chi connectivity index (χ2n) is 3.98. The van der Waals surface area contributed by atoms with Crippen LogP contribution in [0, 0.1) is 11.3 Å². The number of aryl methyl sites for hydroxylation is 1. The molecule has 0 aliphatic heterocycles. The highest BCUT2D eigenvalue weighted by atomic mass is 15.0. The minimum absolute atomic E-state index is 0.671. The standard InChI is InChI=1S/C13H21N3/c1-2-9-15-12-13-7-6-11-16(13)10-5-3-4-8-14/h6-7,11,15H,2-5,9-10,12H2,1H3. The number of hydrogen-bond acceptors (Lipinski definition) is 2. The summed E-state index contributed by atoms with van der Waals surface area (Å²) in [5.41, 5.74) is 1.34. The quantitative estimate of drug-likeness (QED) is 0.683. The molecule has 0 unspecified atom stereocenters. The maximum Gasteiger partial charge on any atom is 0.0621 e. The van der Waals surface area contributed by atoms with E-state index in [1.54, 1.807) is 0 Å². The third-order valence-corrected chi connectivity index (χ3v) is 2.59. The molecule has 1 rings (SSSR count). The van der Waals surface area contributed by atoms with Gasteiger partial charge in [0.2, 0.25) is 0 Å². The maximum atomic E-state index is 8.45. The highest BCUT2D eigenvalue weighted by Crippen LogP contribution is 2.05. The maximum absolute atomic E-state index is 8.45. The van der Waals surface area contributed by atoms with Crippen LogP contribution >= 0.6 is 0 Å². The van der Waals surface area contributed by atoms with Gasteiger partial charge < -0.3 is 9.88 Å². The van der Waals surface area contributed by atoms with Crippen molar-refractivity contribution in [3.63, 3.8) is 0 Å². The molecular formula is C13H21N3. The average molecular weight is 219 g/mol. The monoisotopic (exact) mass is 219 g/mol. The van der Waals surface area contributed by atoms with Crippen LogP contribution in [-0.2, 0) is 13.1 Å². The molecule has 0 bridgehead atoms. The normalized spacial score (nSPS) is 10.2. The van der Waals surface area contributed by atoms with E-state index in [1.807, 2.05) is 0 Å². The molecular weight excluding hydrogens is 198 g/mol. The molecule has 0 atom stereocenters. The van der Waals surface area contributed by atoms with E-state index in [0.29, 0.717) is 6.42 Å². The zero-order valence-electron chi connectivity index (χ0n) is 10.1. The lowest BCUT2D eigenvalue weighted by Crippen LogP contribution is -2.16. The lowest BCUT2D eigenvalue weighted by atomic mass is 10.2. The summed E-state index contributed by atoms with van der Waals surface area (Å²) >= 11 is 0. The van der Waals surface area contributed by atoms with Gasteiger partial charge in [-0.05, 0) is 37.9 Å². The minimum Gasteiger partial charge on any atom is -0.350 e. The Morgan fingerprint density at radius 2 is 2.31 bits per heavy atom. The molecule has 3 nitrogen and oxygen atoms in total. The summed E-state index contributed by atoms with van der Waals surface area (Å²) in [6, 6.07) is 6.43. The zero-order valence-corrected chi connectivity index (χ0v) is 10.1. The van der Waals surface area contributed by atoms with E-state index in [4.69, 9.17) is 5.26 Å². The van der Waals surface area contributed by atoms with E-state index >= 15 is 0 Å². The summed E-state index contributed by atoms with van der Waals surface area (Å²) in [7, 11) is 0. The van der Waals surface area contributed by atoms with Crippen LogP contribution in [0.4, 0.5) is 0 Å². The van der Waals surface area contributed by atoms with Crippen molar-refractivity contribution in [3.05, 3.63) is 24.0 Å². The Labute approximate surface area is 98.1 Å². The van der Waals surface area contributed by atoms with E-state index in [1.165, 1.54) is 12.1 Å². The molecule has 1 heterocycles. The van der Waals surface area contributed by atoms with Crippen LogP contribution in [0.3, 0.4) is 0 Å². The highest BCUT2D eigenvalue weighted by Gasteiger charge is 1.99. The van der Waals surface area contributed by atoms with Gasteiger partial charge in [0.25, 0.3) is 0 Å². The highest BCUT2D eigenvalue weighted by molar-refractivity contribution is 5.06. The Balaban J connectivity index is 2.29. The third-order valence-electron chi connectivity index (χ3n) is 2.59. The van der Waals surface area contributed by atoms with Gasteiger partial charge in [0.05, 0.1) is 6.07 Å². The molecule has 0 spiro atoms. The summed E-state index contributed by atoms with van der Waals surface area (Å²) in [6.07, 6.45) is 6.04. The predicted molar refractivity (Wildman–Crippen MR) is 65.9 cm³/mol. The van der Waals surface area contributed by atoms with Crippen molar-refractivity contribution in [1.82, 2.24) is 9.88 Å². The van der Waals surface area contributed by atoms with Gasteiger partial charge in [-0.15, -0.1) is 0 Å². The van der Waals surface area contributed by atoms with Crippen LogP contribution in [0.2, 0.25) is 0 Å². The molecule has 0 amide bonds. The Hall–Kier alpha value is -1.27. The van der Waals surface area contributed by atoms with Gasteiger partial charge in [-0.3, -0.25) is 0 Å². The molecule has 88 valence electrons. The molecule has 1 aromatic rings. The Kier molecular flexibility index (Phi) is 6.36. The van der Waals surface area contributed by atoms with Crippen LogP contribution in [0.5, 0.6) is 0 Å². The first kappa shape index (κ1) is 12.8. The van der Waals surface area contributed by atoms with E-state index in [-0.39, 0.29) is 0 Å². The lowest BCUT2D eigenvalue weighted by Gasteiger charge is -2.09. The van der Waals surface area contributed by atoms with Gasteiger partial charge in [0.15, 0.2) is 0 Å². The van der Waals surface area contributed by atoms with Gasteiger partial charge >= 0.3 is 0 Å². The van der Waals surface area contributed by atoms with Crippen LogP contribution in [0.1, 0.15) is 38.3 Å². The molecule has 0 radical (unpaired) electrons. The summed E-state index contributed by atoms with van der Waals surface area (Å²) < 4.78 is 2.28. The average Bonchev–Trinajstić information content (AvgIpc) is 2.73. The van der Waals surface area contributed by atoms with Crippen molar-refractivity contribution in [2.24, 2.45) is 0 Å². The molecule has 0 fully saturated rings. The van der Waals surface area contributed by atoms with Crippen molar-refractivity contribution >= 4 is 0 Å². The molecule has 0 saturated heterocycles. The van der Waals surface area contributed by atoms with Gasteiger partial charge in [-0.2, -0.15) is 5.26 Å². The number of hydrogen-bond donors (Lipinski definition) is 1. The molecule has 0 aliphatic carbocycles. The fraction of sp³-hybridized carbons (Fsp3) is 0.615.